The van der Waals surface area contributed by atoms with Crippen LogP contribution in [-0.2, 0) is 27.9 Å². The molecule has 0 saturated heterocycles. The summed E-state index contributed by atoms with van der Waals surface area (Å²) < 4.78 is 64.8. The van der Waals surface area contributed by atoms with E-state index in [1.807, 2.05) is 0 Å². The molecule has 10 heteroatoms. The summed E-state index contributed by atoms with van der Waals surface area (Å²) in [7, 11) is -7.06. The molecule has 1 unspecified atom stereocenters. The Labute approximate surface area is 134 Å². The summed E-state index contributed by atoms with van der Waals surface area (Å²) >= 11 is 1.06. The second-order valence-electron chi connectivity index (χ2n) is 4.42. The molecule has 0 amide bonds. The SMILES string of the molecule is COP(=O)(COS(=O)(=O)c1c(F)cccc1SC)OC(C)C. The lowest BCUT2D eigenvalue weighted by Gasteiger charge is -2.18. The summed E-state index contributed by atoms with van der Waals surface area (Å²) in [4.78, 5) is -0.397. The highest BCUT2D eigenvalue weighted by molar-refractivity contribution is 7.99. The van der Waals surface area contributed by atoms with Crippen molar-refractivity contribution in [1.82, 2.24) is 0 Å². The summed E-state index contributed by atoms with van der Waals surface area (Å²) in [5.74, 6) is -0.941. The number of rotatable bonds is 8. The topological polar surface area (TPSA) is 78.9 Å². The number of hydrogen-bond acceptors (Lipinski definition) is 7. The normalized spacial score (nSPS) is 15.0. The van der Waals surface area contributed by atoms with E-state index in [1.54, 1.807) is 20.1 Å². The molecule has 1 atom stereocenters. The summed E-state index contributed by atoms with van der Waals surface area (Å²) in [5, 5.41) is 0. The molecule has 1 rings (SSSR count). The van der Waals surface area contributed by atoms with Crippen LogP contribution in [0, 0.1) is 5.82 Å². The van der Waals surface area contributed by atoms with Gasteiger partial charge in [0.25, 0.3) is 0 Å². The van der Waals surface area contributed by atoms with Crippen LogP contribution in [0.5, 0.6) is 0 Å². The van der Waals surface area contributed by atoms with Crippen molar-refractivity contribution in [3.63, 3.8) is 0 Å². The average Bonchev–Trinajstić information content (AvgIpc) is 2.44. The number of thioether (sulfide) groups is 1. The first kappa shape index (κ1) is 19.6. The van der Waals surface area contributed by atoms with E-state index in [1.165, 1.54) is 12.1 Å². The highest BCUT2D eigenvalue weighted by atomic mass is 32.2. The quantitative estimate of drug-likeness (QED) is 0.393. The Kier molecular flexibility index (Phi) is 7.04. The van der Waals surface area contributed by atoms with E-state index in [9.17, 15) is 17.4 Å². The van der Waals surface area contributed by atoms with Crippen LogP contribution < -0.4 is 0 Å². The third-order valence-electron chi connectivity index (χ3n) is 2.42. The maximum Gasteiger partial charge on any atom is 0.357 e. The van der Waals surface area contributed by atoms with Crippen LogP contribution in [0.2, 0.25) is 0 Å². The van der Waals surface area contributed by atoms with Gasteiger partial charge < -0.3 is 9.05 Å². The predicted molar refractivity (Wildman–Crippen MR) is 82.2 cm³/mol. The lowest BCUT2D eigenvalue weighted by atomic mass is 10.3. The van der Waals surface area contributed by atoms with Crippen LogP contribution in [0.1, 0.15) is 13.8 Å². The third kappa shape index (κ3) is 5.04. The van der Waals surface area contributed by atoms with Crippen molar-refractivity contribution in [3.8, 4) is 0 Å². The summed E-state index contributed by atoms with van der Waals surface area (Å²) in [6, 6.07) is 3.85. The third-order valence-corrected chi connectivity index (χ3v) is 6.59. The fourth-order valence-electron chi connectivity index (χ4n) is 1.53. The van der Waals surface area contributed by atoms with Gasteiger partial charge in [0, 0.05) is 12.0 Å². The van der Waals surface area contributed by atoms with Gasteiger partial charge in [-0.3, -0.25) is 8.75 Å². The van der Waals surface area contributed by atoms with E-state index in [2.05, 4.69) is 0 Å². The molecule has 6 nitrogen and oxygen atoms in total. The number of benzene rings is 1. The van der Waals surface area contributed by atoms with Gasteiger partial charge in [0.1, 0.15) is 10.7 Å². The molecular formula is C12H18FO6PS2. The maximum absolute atomic E-state index is 13.8. The minimum absolute atomic E-state index is 0.192. The van der Waals surface area contributed by atoms with E-state index >= 15 is 0 Å². The van der Waals surface area contributed by atoms with E-state index in [-0.39, 0.29) is 4.90 Å². The first-order chi connectivity index (χ1) is 10.1. The second kappa shape index (κ2) is 7.90. The molecule has 1 aromatic carbocycles. The Morgan fingerprint density at radius 3 is 2.50 bits per heavy atom. The highest BCUT2D eigenvalue weighted by Crippen LogP contribution is 2.49. The lowest BCUT2D eigenvalue weighted by Crippen LogP contribution is -2.13. The molecule has 1 aromatic rings. The molecule has 0 aliphatic carbocycles. The Balaban J connectivity index is 3.05. The molecule has 0 fully saturated rings. The Bertz CT molecular complexity index is 662. The molecule has 0 aliphatic rings. The van der Waals surface area contributed by atoms with E-state index in [0.717, 1.165) is 24.9 Å². The molecule has 0 aliphatic heterocycles. The summed E-state index contributed by atoms with van der Waals surface area (Å²) in [5.41, 5.74) is 0. The van der Waals surface area contributed by atoms with Gasteiger partial charge in [0.15, 0.2) is 6.35 Å². The van der Waals surface area contributed by atoms with Gasteiger partial charge in [-0.1, -0.05) is 6.07 Å². The zero-order valence-corrected chi connectivity index (χ0v) is 15.1. The van der Waals surface area contributed by atoms with Crippen LogP contribution in [0.4, 0.5) is 4.39 Å². The molecule has 22 heavy (non-hydrogen) atoms. The first-order valence-electron chi connectivity index (χ1n) is 6.20. The Morgan fingerprint density at radius 1 is 1.36 bits per heavy atom. The Morgan fingerprint density at radius 2 is 2.00 bits per heavy atom. The lowest BCUT2D eigenvalue weighted by molar-refractivity contribution is 0.171. The monoisotopic (exact) mass is 372 g/mol. The highest BCUT2D eigenvalue weighted by Gasteiger charge is 2.31. The summed E-state index contributed by atoms with van der Waals surface area (Å²) in [6.45, 7) is 3.23. The van der Waals surface area contributed by atoms with E-state index in [0.29, 0.717) is 0 Å². The minimum Gasteiger partial charge on any atom is -0.310 e. The fourth-order valence-corrected chi connectivity index (χ4v) is 5.29. The molecule has 0 radical (unpaired) electrons. The van der Waals surface area contributed by atoms with Gasteiger partial charge >= 0.3 is 17.7 Å². The van der Waals surface area contributed by atoms with Gasteiger partial charge in [-0.05, 0) is 32.2 Å². The fraction of sp³-hybridized carbons (Fsp3) is 0.500. The Hall–Kier alpha value is -0.440. The molecule has 0 N–H and O–H groups in total. The van der Waals surface area contributed by atoms with Crippen molar-refractivity contribution >= 4 is 29.5 Å². The van der Waals surface area contributed by atoms with Crippen molar-refractivity contribution in [1.29, 1.82) is 0 Å². The first-order valence-corrected chi connectivity index (χ1v) is 10.6. The molecule has 126 valence electrons. The molecule has 0 heterocycles. The van der Waals surface area contributed by atoms with Gasteiger partial charge in [0.2, 0.25) is 0 Å². The number of halogens is 1. The molecule has 0 bridgehead atoms. The van der Waals surface area contributed by atoms with Gasteiger partial charge in [-0.15, -0.1) is 11.8 Å². The molecular weight excluding hydrogens is 354 g/mol. The van der Waals surface area contributed by atoms with Crippen molar-refractivity contribution in [3.05, 3.63) is 24.0 Å². The van der Waals surface area contributed by atoms with Crippen LogP contribution in [0.25, 0.3) is 0 Å². The second-order valence-corrected chi connectivity index (χ2v) is 8.88. The van der Waals surface area contributed by atoms with Crippen molar-refractivity contribution < 1.29 is 30.6 Å². The van der Waals surface area contributed by atoms with Crippen molar-refractivity contribution in [2.24, 2.45) is 0 Å². The zero-order valence-electron chi connectivity index (χ0n) is 12.6. The zero-order chi connectivity index (χ0) is 17.0. The van der Waals surface area contributed by atoms with E-state index < -0.39 is 40.9 Å². The van der Waals surface area contributed by atoms with Crippen LogP contribution in [0.3, 0.4) is 0 Å². The van der Waals surface area contributed by atoms with Gasteiger partial charge in [-0.2, -0.15) is 8.42 Å². The van der Waals surface area contributed by atoms with Crippen LogP contribution in [0.15, 0.2) is 28.0 Å². The number of hydrogen-bond donors (Lipinski definition) is 0. The van der Waals surface area contributed by atoms with Crippen molar-refractivity contribution in [2.75, 3.05) is 19.7 Å². The minimum atomic E-state index is -4.44. The van der Waals surface area contributed by atoms with E-state index in [4.69, 9.17) is 13.2 Å². The largest absolute Gasteiger partial charge is 0.357 e. The summed E-state index contributed by atoms with van der Waals surface area (Å²) in [6.07, 6.45) is 0.328. The molecule has 0 spiro atoms. The maximum atomic E-state index is 13.8. The smallest absolute Gasteiger partial charge is 0.310 e. The van der Waals surface area contributed by atoms with Gasteiger partial charge in [0.05, 0.1) is 6.10 Å². The predicted octanol–water partition coefficient (Wildman–Crippen LogP) is 3.47. The van der Waals surface area contributed by atoms with Crippen LogP contribution in [-0.4, -0.2) is 34.2 Å². The van der Waals surface area contributed by atoms with Gasteiger partial charge in [-0.25, -0.2) is 4.39 Å². The molecule has 0 saturated carbocycles. The van der Waals surface area contributed by atoms with Crippen molar-refractivity contribution in [2.45, 2.75) is 29.7 Å². The average molecular weight is 372 g/mol. The standard InChI is InChI=1S/C12H18FO6PS2/c1-9(2)19-20(14,17-3)8-18-22(15,16)12-10(13)6-5-7-11(12)21-4/h5-7,9H,8H2,1-4H3. The van der Waals surface area contributed by atoms with Crippen LogP contribution >= 0.6 is 19.4 Å². The molecule has 0 aromatic heterocycles.